The van der Waals surface area contributed by atoms with E-state index in [1.54, 1.807) is 18.2 Å². The van der Waals surface area contributed by atoms with Crippen LogP contribution in [0.3, 0.4) is 0 Å². The molecule has 8 nitrogen and oxygen atoms in total. The highest BCUT2D eigenvalue weighted by molar-refractivity contribution is 5.81. The SMILES string of the molecule is CCCCNC(=O)COC(=O)C1CCN(c2ccccc2[N+](=O)[O-])CC1. The van der Waals surface area contributed by atoms with Gasteiger partial charge < -0.3 is 15.0 Å². The molecular formula is C18H25N3O5. The Morgan fingerprint density at radius 2 is 2.00 bits per heavy atom. The van der Waals surface area contributed by atoms with Gasteiger partial charge in [0.1, 0.15) is 5.69 Å². The van der Waals surface area contributed by atoms with E-state index >= 15 is 0 Å². The number of anilines is 1. The van der Waals surface area contributed by atoms with Crippen molar-refractivity contribution in [1.29, 1.82) is 0 Å². The van der Waals surface area contributed by atoms with Gasteiger partial charge in [-0.1, -0.05) is 25.5 Å². The van der Waals surface area contributed by atoms with E-state index < -0.39 is 4.92 Å². The van der Waals surface area contributed by atoms with Crippen LogP contribution in [0.15, 0.2) is 24.3 Å². The average Bonchev–Trinajstić information content (AvgIpc) is 2.66. The van der Waals surface area contributed by atoms with Gasteiger partial charge >= 0.3 is 5.97 Å². The van der Waals surface area contributed by atoms with Gasteiger partial charge in [0.15, 0.2) is 6.61 Å². The second-order valence-corrected chi connectivity index (χ2v) is 6.32. The fourth-order valence-electron chi connectivity index (χ4n) is 2.95. The molecule has 0 saturated carbocycles. The van der Waals surface area contributed by atoms with E-state index in [0.29, 0.717) is 38.2 Å². The first-order valence-corrected chi connectivity index (χ1v) is 8.94. The van der Waals surface area contributed by atoms with Gasteiger partial charge in [0.05, 0.1) is 10.8 Å². The molecule has 1 fully saturated rings. The Balaban J connectivity index is 1.80. The maximum Gasteiger partial charge on any atom is 0.309 e. The maximum absolute atomic E-state index is 12.1. The first kappa shape index (κ1) is 19.7. The number of unbranched alkanes of at least 4 members (excludes halogenated alkanes) is 1. The fourth-order valence-corrected chi connectivity index (χ4v) is 2.95. The lowest BCUT2D eigenvalue weighted by Gasteiger charge is -2.32. The molecule has 0 radical (unpaired) electrons. The summed E-state index contributed by atoms with van der Waals surface area (Å²) >= 11 is 0. The number of benzene rings is 1. The summed E-state index contributed by atoms with van der Waals surface area (Å²) < 4.78 is 5.10. The van der Waals surface area contributed by atoms with E-state index in [2.05, 4.69) is 5.32 Å². The number of carbonyl (C=O) groups is 2. The summed E-state index contributed by atoms with van der Waals surface area (Å²) in [6.45, 7) is 3.43. The van der Waals surface area contributed by atoms with E-state index in [9.17, 15) is 19.7 Å². The average molecular weight is 363 g/mol. The first-order valence-electron chi connectivity index (χ1n) is 8.94. The van der Waals surface area contributed by atoms with Gasteiger partial charge in [0.25, 0.3) is 11.6 Å². The Kier molecular flexibility index (Phi) is 7.37. The molecule has 1 heterocycles. The summed E-state index contributed by atoms with van der Waals surface area (Å²) in [5.74, 6) is -0.945. The van der Waals surface area contributed by atoms with Crippen LogP contribution in [0.2, 0.25) is 0 Å². The lowest BCUT2D eigenvalue weighted by atomic mass is 9.96. The zero-order chi connectivity index (χ0) is 18.9. The van der Waals surface area contributed by atoms with Crippen LogP contribution in [-0.4, -0.2) is 43.0 Å². The number of rotatable bonds is 8. The molecule has 1 aromatic carbocycles. The van der Waals surface area contributed by atoms with Gasteiger partial charge in [0.2, 0.25) is 0 Å². The zero-order valence-corrected chi connectivity index (χ0v) is 15.0. The second kappa shape index (κ2) is 9.74. The van der Waals surface area contributed by atoms with Crippen LogP contribution >= 0.6 is 0 Å². The summed E-state index contributed by atoms with van der Waals surface area (Å²) in [4.78, 5) is 36.4. The van der Waals surface area contributed by atoms with Gasteiger partial charge in [0, 0.05) is 25.7 Å². The summed E-state index contributed by atoms with van der Waals surface area (Å²) in [5, 5.41) is 13.8. The summed E-state index contributed by atoms with van der Waals surface area (Å²) in [6, 6.07) is 6.60. The van der Waals surface area contributed by atoms with Crippen LogP contribution < -0.4 is 10.2 Å². The molecule has 0 bridgehead atoms. The quantitative estimate of drug-likeness (QED) is 0.329. The molecule has 142 valence electrons. The van der Waals surface area contributed by atoms with Crippen molar-refractivity contribution in [3.63, 3.8) is 0 Å². The Morgan fingerprint density at radius 1 is 1.31 bits per heavy atom. The number of piperidine rings is 1. The van der Waals surface area contributed by atoms with Crippen LogP contribution in [0, 0.1) is 16.0 Å². The monoisotopic (exact) mass is 363 g/mol. The lowest BCUT2D eigenvalue weighted by Crippen LogP contribution is -2.38. The van der Waals surface area contributed by atoms with Crippen LogP contribution in [0.1, 0.15) is 32.6 Å². The van der Waals surface area contributed by atoms with Crippen molar-refractivity contribution < 1.29 is 19.2 Å². The molecule has 26 heavy (non-hydrogen) atoms. The van der Waals surface area contributed by atoms with Crippen LogP contribution in [0.25, 0.3) is 0 Å². The molecule has 1 saturated heterocycles. The molecule has 1 N–H and O–H groups in total. The third-order valence-electron chi connectivity index (χ3n) is 4.45. The predicted molar refractivity (Wildman–Crippen MR) is 96.9 cm³/mol. The number of nitrogens with zero attached hydrogens (tertiary/aromatic N) is 2. The second-order valence-electron chi connectivity index (χ2n) is 6.32. The lowest BCUT2D eigenvalue weighted by molar-refractivity contribution is -0.384. The Bertz CT molecular complexity index is 641. The predicted octanol–water partition coefficient (Wildman–Crippen LogP) is 2.27. The Hall–Kier alpha value is -2.64. The minimum Gasteiger partial charge on any atom is -0.455 e. The molecule has 1 aliphatic rings. The molecule has 0 unspecified atom stereocenters. The highest BCUT2D eigenvalue weighted by Gasteiger charge is 2.29. The third kappa shape index (κ3) is 5.44. The van der Waals surface area contributed by atoms with Gasteiger partial charge in [-0.15, -0.1) is 0 Å². The van der Waals surface area contributed by atoms with Crippen molar-refractivity contribution in [2.24, 2.45) is 5.92 Å². The molecule has 8 heteroatoms. The Morgan fingerprint density at radius 3 is 2.65 bits per heavy atom. The van der Waals surface area contributed by atoms with Crippen LogP contribution in [0.5, 0.6) is 0 Å². The molecular weight excluding hydrogens is 338 g/mol. The van der Waals surface area contributed by atoms with Gasteiger partial charge in [-0.25, -0.2) is 0 Å². The smallest absolute Gasteiger partial charge is 0.309 e. The van der Waals surface area contributed by atoms with Crippen LogP contribution in [0.4, 0.5) is 11.4 Å². The van der Waals surface area contributed by atoms with Crippen molar-refractivity contribution in [3.05, 3.63) is 34.4 Å². The summed E-state index contributed by atoms with van der Waals surface area (Å²) in [6.07, 6.45) is 2.96. The van der Waals surface area contributed by atoms with Crippen molar-refractivity contribution in [2.45, 2.75) is 32.6 Å². The maximum atomic E-state index is 12.1. The zero-order valence-electron chi connectivity index (χ0n) is 15.0. The molecule has 2 rings (SSSR count). The molecule has 1 aliphatic heterocycles. The van der Waals surface area contributed by atoms with Crippen molar-refractivity contribution >= 4 is 23.3 Å². The first-order chi connectivity index (χ1) is 12.5. The Labute approximate surface area is 152 Å². The standard InChI is InChI=1S/C18H25N3O5/c1-2-3-10-19-17(22)13-26-18(23)14-8-11-20(12-9-14)15-6-4-5-7-16(15)21(24)25/h4-7,14H,2-3,8-13H2,1H3,(H,19,22). The van der Waals surface area contributed by atoms with E-state index in [1.165, 1.54) is 6.07 Å². The van der Waals surface area contributed by atoms with E-state index in [4.69, 9.17) is 4.74 Å². The minimum absolute atomic E-state index is 0.0669. The number of nitro benzene ring substituents is 1. The number of nitrogens with one attached hydrogen (secondary N) is 1. The molecule has 0 spiro atoms. The number of hydrogen-bond donors (Lipinski definition) is 1. The summed E-state index contributed by atoms with van der Waals surface area (Å²) in [7, 11) is 0. The largest absolute Gasteiger partial charge is 0.455 e. The number of carbonyl (C=O) groups excluding carboxylic acids is 2. The minimum atomic E-state index is -0.396. The number of para-hydroxylation sites is 2. The number of esters is 1. The number of amides is 1. The number of ether oxygens (including phenoxy) is 1. The normalized spacial score (nSPS) is 14.7. The third-order valence-corrected chi connectivity index (χ3v) is 4.45. The van der Waals surface area contributed by atoms with Crippen LogP contribution in [-0.2, 0) is 14.3 Å². The molecule has 1 amide bonds. The molecule has 0 atom stereocenters. The van der Waals surface area contributed by atoms with Crippen molar-refractivity contribution in [3.8, 4) is 0 Å². The van der Waals surface area contributed by atoms with E-state index in [1.807, 2.05) is 11.8 Å². The van der Waals surface area contributed by atoms with Gasteiger partial charge in [-0.3, -0.25) is 19.7 Å². The van der Waals surface area contributed by atoms with E-state index in [-0.39, 0.29) is 30.1 Å². The topological polar surface area (TPSA) is 102 Å². The fraction of sp³-hybridized carbons (Fsp3) is 0.556. The summed E-state index contributed by atoms with van der Waals surface area (Å²) in [5.41, 5.74) is 0.636. The molecule has 0 aliphatic carbocycles. The number of nitro groups is 1. The highest BCUT2D eigenvalue weighted by atomic mass is 16.6. The highest BCUT2D eigenvalue weighted by Crippen LogP contribution is 2.31. The van der Waals surface area contributed by atoms with Crippen molar-refractivity contribution in [2.75, 3.05) is 31.1 Å². The van der Waals surface area contributed by atoms with Gasteiger partial charge in [-0.2, -0.15) is 0 Å². The molecule has 0 aromatic heterocycles. The number of hydrogen-bond acceptors (Lipinski definition) is 6. The van der Waals surface area contributed by atoms with E-state index in [0.717, 1.165) is 12.8 Å². The van der Waals surface area contributed by atoms with Gasteiger partial charge in [-0.05, 0) is 25.3 Å². The molecule has 1 aromatic rings. The van der Waals surface area contributed by atoms with Crippen molar-refractivity contribution in [1.82, 2.24) is 5.32 Å².